The summed E-state index contributed by atoms with van der Waals surface area (Å²) in [5.74, 6) is 0.592. The Labute approximate surface area is 151 Å². The van der Waals surface area contributed by atoms with Crippen LogP contribution in [0.3, 0.4) is 0 Å². The summed E-state index contributed by atoms with van der Waals surface area (Å²) in [6, 6.07) is 5.82. The van der Waals surface area contributed by atoms with Gasteiger partial charge < -0.3 is 9.84 Å². The van der Waals surface area contributed by atoms with Crippen molar-refractivity contribution in [1.29, 1.82) is 0 Å². The lowest BCUT2D eigenvalue weighted by atomic mass is 9.62. The van der Waals surface area contributed by atoms with E-state index in [1.807, 2.05) is 26.8 Å². The molecule has 0 aliphatic heterocycles. The van der Waals surface area contributed by atoms with E-state index in [1.165, 1.54) is 24.0 Å². The first kappa shape index (κ1) is 18.2. The highest BCUT2D eigenvalue weighted by atomic mass is 16.5. The number of nitrogens with zero attached hydrogens (tertiary/aromatic N) is 1. The molecule has 0 spiro atoms. The Morgan fingerprint density at radius 1 is 1.32 bits per heavy atom. The summed E-state index contributed by atoms with van der Waals surface area (Å²) in [6.07, 6.45) is 6.78. The van der Waals surface area contributed by atoms with Crippen molar-refractivity contribution in [3.63, 3.8) is 0 Å². The number of benzene rings is 1. The average molecular weight is 345 g/mol. The number of carbonyl (C=O) groups is 1. The highest BCUT2D eigenvalue weighted by Crippen LogP contribution is 2.51. The van der Waals surface area contributed by atoms with Crippen molar-refractivity contribution in [2.24, 2.45) is 5.41 Å². The fraction of sp³-hybridized carbons (Fsp3) is 0.667. The molecule has 0 aromatic heterocycles. The van der Waals surface area contributed by atoms with E-state index in [-0.39, 0.29) is 11.5 Å². The minimum Gasteiger partial charge on any atom is -0.508 e. The van der Waals surface area contributed by atoms with E-state index in [9.17, 15) is 9.90 Å². The Hall–Kier alpha value is -1.55. The number of aryl methyl sites for hydroxylation is 1. The number of phenolic OH excluding ortho intramolecular Hbond substituents is 1. The highest BCUT2D eigenvalue weighted by Gasteiger charge is 2.47. The van der Waals surface area contributed by atoms with Crippen LogP contribution in [0.2, 0.25) is 0 Å². The topological polar surface area (TPSA) is 49.8 Å². The maximum atomic E-state index is 12.2. The Balaban J connectivity index is 1.83. The van der Waals surface area contributed by atoms with Crippen molar-refractivity contribution in [1.82, 2.24) is 4.90 Å². The molecule has 1 saturated carbocycles. The molecule has 0 heterocycles. The van der Waals surface area contributed by atoms with Gasteiger partial charge in [-0.05, 0) is 76.8 Å². The number of hydrogen-bond acceptors (Lipinski definition) is 4. The van der Waals surface area contributed by atoms with E-state index in [0.29, 0.717) is 18.4 Å². The molecular weight excluding hydrogens is 314 g/mol. The molecule has 2 aliphatic rings. The molecule has 2 aliphatic carbocycles. The van der Waals surface area contributed by atoms with Crippen LogP contribution < -0.4 is 0 Å². The molecule has 138 valence electrons. The molecule has 1 N–H and O–H groups in total. The van der Waals surface area contributed by atoms with Crippen molar-refractivity contribution in [2.75, 3.05) is 13.8 Å². The second kappa shape index (κ2) is 6.64. The predicted octanol–water partition coefficient (Wildman–Crippen LogP) is 4.21. The van der Waals surface area contributed by atoms with Gasteiger partial charge in [0.15, 0.2) is 0 Å². The summed E-state index contributed by atoms with van der Waals surface area (Å²) in [6.45, 7) is 5.99. The number of hydrogen-bond donors (Lipinski definition) is 1. The average Bonchev–Trinajstić information content (AvgIpc) is 2.58. The quantitative estimate of drug-likeness (QED) is 0.658. The zero-order valence-corrected chi connectivity index (χ0v) is 16.0. The Kier molecular flexibility index (Phi) is 4.84. The van der Waals surface area contributed by atoms with Crippen molar-refractivity contribution in [2.45, 2.75) is 70.8 Å². The zero-order valence-electron chi connectivity index (χ0n) is 16.0. The standard InChI is InChI=1S/C21H31NO3/c1-20(2,3)19(24)25-14-22(4)21-11-6-5-7-18(21)17-13-16(23)9-8-15(17)10-12-21/h8-9,13,18,23H,5-7,10-12,14H2,1-4H3. The summed E-state index contributed by atoms with van der Waals surface area (Å²) in [5, 5.41) is 9.98. The van der Waals surface area contributed by atoms with Crippen LogP contribution in [0.4, 0.5) is 0 Å². The van der Waals surface area contributed by atoms with Gasteiger partial charge in [-0.15, -0.1) is 0 Å². The van der Waals surface area contributed by atoms with Crippen LogP contribution in [0.15, 0.2) is 18.2 Å². The van der Waals surface area contributed by atoms with Gasteiger partial charge >= 0.3 is 5.97 Å². The molecule has 4 heteroatoms. The molecule has 1 aromatic carbocycles. The molecule has 0 amide bonds. The highest BCUT2D eigenvalue weighted by molar-refractivity contribution is 5.75. The van der Waals surface area contributed by atoms with E-state index in [2.05, 4.69) is 18.0 Å². The molecule has 4 nitrogen and oxygen atoms in total. The predicted molar refractivity (Wildman–Crippen MR) is 98.5 cm³/mol. The number of carbonyl (C=O) groups excluding carboxylic acids is 1. The molecule has 0 radical (unpaired) electrons. The molecule has 3 rings (SSSR count). The molecule has 1 aromatic rings. The number of phenols is 1. The third kappa shape index (κ3) is 3.41. The largest absolute Gasteiger partial charge is 0.508 e. The molecule has 0 saturated heterocycles. The maximum absolute atomic E-state index is 12.2. The normalized spacial score (nSPS) is 26.0. The minimum absolute atomic E-state index is 0.0250. The summed E-state index contributed by atoms with van der Waals surface area (Å²) < 4.78 is 5.61. The first-order valence-corrected chi connectivity index (χ1v) is 9.44. The number of rotatable bonds is 3. The van der Waals surface area contributed by atoms with Crippen LogP contribution in [0.25, 0.3) is 0 Å². The fourth-order valence-corrected chi connectivity index (χ4v) is 4.60. The van der Waals surface area contributed by atoms with E-state index in [4.69, 9.17) is 4.74 Å². The molecule has 0 bridgehead atoms. The third-order valence-electron chi connectivity index (χ3n) is 6.10. The lowest BCUT2D eigenvalue weighted by molar-refractivity contribution is -0.161. The summed E-state index contributed by atoms with van der Waals surface area (Å²) in [4.78, 5) is 14.4. The first-order valence-electron chi connectivity index (χ1n) is 9.44. The zero-order chi connectivity index (χ0) is 18.2. The molecule has 2 atom stereocenters. The lowest BCUT2D eigenvalue weighted by Gasteiger charge is -2.53. The van der Waals surface area contributed by atoms with Crippen LogP contribution >= 0.6 is 0 Å². The van der Waals surface area contributed by atoms with Gasteiger partial charge in [-0.25, -0.2) is 0 Å². The van der Waals surface area contributed by atoms with Crippen LogP contribution in [0.1, 0.15) is 69.9 Å². The van der Waals surface area contributed by atoms with Crippen LogP contribution in [-0.4, -0.2) is 35.3 Å². The number of likely N-dealkylation sites (N-methyl/N-ethyl adjacent to an activating group) is 1. The van der Waals surface area contributed by atoms with Crippen LogP contribution in [0.5, 0.6) is 5.75 Å². The maximum Gasteiger partial charge on any atom is 0.312 e. The monoisotopic (exact) mass is 345 g/mol. The molecule has 2 unspecified atom stereocenters. The summed E-state index contributed by atoms with van der Waals surface area (Å²) >= 11 is 0. The SMILES string of the molecule is CN(COC(=O)C(C)(C)C)C12CCCCC1c1cc(O)ccc1CC2. The number of aromatic hydroxyl groups is 1. The number of ether oxygens (including phenoxy) is 1. The van der Waals surface area contributed by atoms with E-state index >= 15 is 0 Å². The van der Waals surface area contributed by atoms with E-state index in [0.717, 1.165) is 25.7 Å². The van der Waals surface area contributed by atoms with Gasteiger partial charge in [0.05, 0.1) is 5.41 Å². The Bertz CT molecular complexity index is 649. The number of fused-ring (bicyclic) bond motifs is 3. The number of esters is 1. The third-order valence-corrected chi connectivity index (χ3v) is 6.10. The van der Waals surface area contributed by atoms with Crippen LogP contribution in [-0.2, 0) is 16.0 Å². The Morgan fingerprint density at radius 2 is 2.08 bits per heavy atom. The van der Waals surface area contributed by atoms with Crippen LogP contribution in [0, 0.1) is 5.41 Å². The van der Waals surface area contributed by atoms with Crippen molar-refractivity contribution in [3.8, 4) is 5.75 Å². The molecular formula is C21H31NO3. The summed E-state index contributed by atoms with van der Waals surface area (Å²) in [7, 11) is 2.09. The van der Waals surface area contributed by atoms with Gasteiger partial charge in [0.25, 0.3) is 0 Å². The lowest BCUT2D eigenvalue weighted by Crippen LogP contribution is -2.55. The van der Waals surface area contributed by atoms with Gasteiger partial charge in [0.1, 0.15) is 12.5 Å². The fourth-order valence-electron chi connectivity index (χ4n) is 4.60. The Morgan fingerprint density at radius 3 is 2.80 bits per heavy atom. The van der Waals surface area contributed by atoms with E-state index in [1.54, 1.807) is 6.07 Å². The van der Waals surface area contributed by atoms with Crippen molar-refractivity contribution < 1.29 is 14.6 Å². The van der Waals surface area contributed by atoms with Crippen molar-refractivity contribution >= 4 is 5.97 Å². The van der Waals surface area contributed by atoms with Gasteiger partial charge in [-0.2, -0.15) is 0 Å². The second-order valence-corrected chi connectivity index (χ2v) is 8.79. The minimum atomic E-state index is -0.477. The second-order valence-electron chi connectivity index (χ2n) is 8.79. The van der Waals surface area contributed by atoms with Gasteiger partial charge in [-0.1, -0.05) is 18.9 Å². The smallest absolute Gasteiger partial charge is 0.312 e. The molecule has 25 heavy (non-hydrogen) atoms. The van der Waals surface area contributed by atoms with Gasteiger partial charge in [0.2, 0.25) is 0 Å². The summed E-state index contributed by atoms with van der Waals surface area (Å²) in [5.41, 5.74) is 2.20. The van der Waals surface area contributed by atoms with Gasteiger partial charge in [0, 0.05) is 11.5 Å². The van der Waals surface area contributed by atoms with Gasteiger partial charge in [-0.3, -0.25) is 9.69 Å². The van der Waals surface area contributed by atoms with Crippen molar-refractivity contribution in [3.05, 3.63) is 29.3 Å². The van der Waals surface area contributed by atoms with E-state index < -0.39 is 5.41 Å². The molecule has 1 fully saturated rings. The first-order chi connectivity index (χ1) is 11.7.